The van der Waals surface area contributed by atoms with Gasteiger partial charge in [-0.15, -0.1) is 0 Å². The van der Waals surface area contributed by atoms with Gasteiger partial charge in [0.2, 0.25) is 0 Å². The van der Waals surface area contributed by atoms with Crippen molar-refractivity contribution >= 4 is 49.7 Å². The monoisotopic (exact) mass is 384 g/mol. The molecule has 0 aromatic carbocycles. The third-order valence-electron chi connectivity index (χ3n) is 4.30. The number of esters is 1. The molecule has 0 aliphatic rings. The van der Waals surface area contributed by atoms with E-state index in [1.54, 1.807) is 0 Å². The van der Waals surface area contributed by atoms with Crippen molar-refractivity contribution in [3.05, 3.63) is 0 Å². The van der Waals surface area contributed by atoms with Crippen LogP contribution in [0.2, 0.25) is 0 Å². The Morgan fingerprint density at radius 3 is 1.52 bits per heavy atom. The molecule has 0 aliphatic heterocycles. The third kappa shape index (κ3) is 24.2. The minimum Gasteiger partial charge on any atom is -1.00 e. The zero-order valence-corrected chi connectivity index (χ0v) is 18.6. The van der Waals surface area contributed by atoms with E-state index in [2.05, 4.69) is 6.92 Å². The molecule has 5 heteroatoms. The van der Waals surface area contributed by atoms with Gasteiger partial charge in [0.15, 0.2) is 0 Å². The summed E-state index contributed by atoms with van der Waals surface area (Å²) < 4.78 is 5.00. The second-order valence-corrected chi connectivity index (χ2v) is 6.71. The standard InChI is InChI=1S/C20H38O4.Ca.2H/c1-2-3-4-5-6-7-8-9-10-11-12-13-14-15-18-24-20(23)17-16-19(21)22;;;/h2-18H2,1H3,(H,21,22);;;/q;+2;2*-1. The van der Waals surface area contributed by atoms with E-state index in [1.165, 1.54) is 77.0 Å². The van der Waals surface area contributed by atoms with Crippen molar-refractivity contribution in [3.8, 4) is 0 Å². The fraction of sp³-hybridized carbons (Fsp3) is 0.900. The minimum absolute atomic E-state index is 0. The Kier molecular flexibility index (Phi) is 24.4. The molecule has 0 saturated heterocycles. The Morgan fingerprint density at radius 2 is 1.12 bits per heavy atom. The van der Waals surface area contributed by atoms with Gasteiger partial charge in [-0.3, -0.25) is 9.59 Å². The fourth-order valence-corrected chi connectivity index (χ4v) is 2.76. The molecule has 0 bridgehead atoms. The van der Waals surface area contributed by atoms with Crippen LogP contribution in [0, 0.1) is 0 Å². The molecule has 0 aliphatic carbocycles. The number of aliphatic carboxylic acids is 1. The van der Waals surface area contributed by atoms with Gasteiger partial charge < -0.3 is 12.7 Å². The number of unbranched alkanes of at least 4 members (excludes halogenated alkanes) is 13. The van der Waals surface area contributed by atoms with Crippen LogP contribution in [0.3, 0.4) is 0 Å². The first kappa shape index (κ1) is 27.4. The van der Waals surface area contributed by atoms with Crippen LogP contribution in [-0.4, -0.2) is 61.4 Å². The van der Waals surface area contributed by atoms with Gasteiger partial charge in [-0.2, -0.15) is 0 Å². The molecule has 0 rings (SSSR count). The summed E-state index contributed by atoms with van der Waals surface area (Å²) in [7, 11) is 0. The first-order valence-corrected chi connectivity index (χ1v) is 10.0. The summed E-state index contributed by atoms with van der Waals surface area (Å²) in [6, 6.07) is 0. The van der Waals surface area contributed by atoms with Crippen molar-refractivity contribution in [3.63, 3.8) is 0 Å². The third-order valence-corrected chi connectivity index (χ3v) is 4.30. The van der Waals surface area contributed by atoms with Crippen LogP contribution in [0.1, 0.15) is 113 Å². The largest absolute Gasteiger partial charge is 2.00 e. The fourth-order valence-electron chi connectivity index (χ4n) is 2.76. The van der Waals surface area contributed by atoms with E-state index in [0.717, 1.165) is 12.8 Å². The molecule has 1 N–H and O–H groups in total. The predicted molar refractivity (Wildman–Crippen MR) is 106 cm³/mol. The molecule has 146 valence electrons. The maximum Gasteiger partial charge on any atom is 2.00 e. The van der Waals surface area contributed by atoms with Gasteiger partial charge in [-0.25, -0.2) is 0 Å². The molecular formula is C20H40CaO4. The Balaban J connectivity index is -0.000000882. The second-order valence-electron chi connectivity index (χ2n) is 6.71. The number of carbonyl (C=O) groups is 2. The normalized spacial score (nSPS) is 10.3. The van der Waals surface area contributed by atoms with Crippen LogP contribution in [0.4, 0.5) is 0 Å². The predicted octanol–water partition coefficient (Wildman–Crippen LogP) is 5.72. The number of carboxylic acid groups (broad SMARTS) is 1. The van der Waals surface area contributed by atoms with Crippen LogP contribution in [0.15, 0.2) is 0 Å². The number of hydrogen-bond acceptors (Lipinski definition) is 3. The summed E-state index contributed by atoms with van der Waals surface area (Å²) >= 11 is 0. The van der Waals surface area contributed by atoms with E-state index in [9.17, 15) is 9.59 Å². The Morgan fingerprint density at radius 1 is 0.720 bits per heavy atom. The van der Waals surface area contributed by atoms with Gasteiger partial charge in [0.25, 0.3) is 0 Å². The SMILES string of the molecule is CCCCCCCCCCCCCCCCOC(=O)CCC(=O)O.[Ca+2].[H-].[H-]. The van der Waals surface area contributed by atoms with E-state index in [1.807, 2.05) is 0 Å². The zero-order chi connectivity index (χ0) is 17.9. The van der Waals surface area contributed by atoms with Crippen molar-refractivity contribution < 1.29 is 22.3 Å². The van der Waals surface area contributed by atoms with E-state index in [4.69, 9.17) is 9.84 Å². The van der Waals surface area contributed by atoms with E-state index in [-0.39, 0.29) is 53.4 Å². The molecule has 0 fully saturated rings. The summed E-state index contributed by atoms with van der Waals surface area (Å²) in [5, 5.41) is 8.46. The van der Waals surface area contributed by atoms with E-state index in [0.29, 0.717) is 6.61 Å². The topological polar surface area (TPSA) is 63.6 Å². The molecule has 0 heterocycles. The number of carbonyl (C=O) groups excluding carboxylic acids is 1. The average Bonchev–Trinajstić information content (AvgIpc) is 2.56. The first-order valence-electron chi connectivity index (χ1n) is 10.0. The Hall–Kier alpha value is 0.200. The average molecular weight is 385 g/mol. The molecule has 0 aromatic heterocycles. The van der Waals surface area contributed by atoms with Crippen molar-refractivity contribution in [1.29, 1.82) is 0 Å². The molecule has 0 amide bonds. The summed E-state index contributed by atoms with van der Waals surface area (Å²) in [5.74, 6) is -1.35. The Labute approximate surface area is 187 Å². The van der Waals surface area contributed by atoms with Crippen LogP contribution in [-0.2, 0) is 14.3 Å². The maximum atomic E-state index is 11.2. The zero-order valence-electron chi connectivity index (χ0n) is 18.4. The van der Waals surface area contributed by atoms with Crippen molar-refractivity contribution in [1.82, 2.24) is 0 Å². The van der Waals surface area contributed by atoms with Gasteiger partial charge in [0.1, 0.15) is 0 Å². The van der Waals surface area contributed by atoms with Gasteiger partial charge >= 0.3 is 49.7 Å². The summed E-state index contributed by atoms with van der Waals surface area (Å²) in [6.45, 7) is 2.69. The van der Waals surface area contributed by atoms with E-state index < -0.39 is 11.9 Å². The van der Waals surface area contributed by atoms with Gasteiger partial charge in [0, 0.05) is 0 Å². The molecule has 0 aromatic rings. The van der Waals surface area contributed by atoms with Crippen LogP contribution in [0.5, 0.6) is 0 Å². The van der Waals surface area contributed by atoms with Gasteiger partial charge in [-0.05, 0) is 6.42 Å². The molecule has 0 atom stereocenters. The van der Waals surface area contributed by atoms with Crippen LogP contribution in [0.25, 0.3) is 0 Å². The molecule has 0 radical (unpaired) electrons. The van der Waals surface area contributed by atoms with Gasteiger partial charge in [-0.1, -0.05) is 90.4 Å². The van der Waals surface area contributed by atoms with Crippen molar-refractivity contribution in [2.24, 2.45) is 0 Å². The molecule has 0 spiro atoms. The second kappa shape index (κ2) is 22.2. The Bertz CT molecular complexity index is 318. The number of ether oxygens (including phenoxy) is 1. The quantitative estimate of drug-likeness (QED) is 0.186. The number of rotatable bonds is 18. The summed E-state index contributed by atoms with van der Waals surface area (Å²) in [6.07, 6.45) is 18.0. The molecule has 0 saturated carbocycles. The summed E-state index contributed by atoms with van der Waals surface area (Å²) in [5.41, 5.74) is 0. The van der Waals surface area contributed by atoms with Crippen molar-refractivity contribution in [2.45, 2.75) is 110 Å². The first-order chi connectivity index (χ1) is 11.7. The summed E-state index contributed by atoms with van der Waals surface area (Å²) in [4.78, 5) is 21.5. The minimum atomic E-state index is -0.955. The van der Waals surface area contributed by atoms with E-state index >= 15 is 0 Å². The number of hydrogen-bond donors (Lipinski definition) is 1. The maximum absolute atomic E-state index is 11.2. The van der Waals surface area contributed by atoms with Crippen LogP contribution < -0.4 is 0 Å². The molecule has 0 unspecified atom stereocenters. The van der Waals surface area contributed by atoms with Crippen LogP contribution >= 0.6 is 0 Å². The smallest absolute Gasteiger partial charge is 1.00 e. The molecule has 4 nitrogen and oxygen atoms in total. The van der Waals surface area contributed by atoms with Gasteiger partial charge in [0.05, 0.1) is 19.4 Å². The molecule has 25 heavy (non-hydrogen) atoms. The number of carboxylic acids is 1. The van der Waals surface area contributed by atoms with Crippen molar-refractivity contribution in [2.75, 3.05) is 6.61 Å². The molecular weight excluding hydrogens is 344 g/mol.